The molecule has 0 saturated heterocycles. The summed E-state index contributed by atoms with van der Waals surface area (Å²) < 4.78 is 3.55. The van der Waals surface area contributed by atoms with E-state index >= 15 is 0 Å². The fourth-order valence-corrected chi connectivity index (χ4v) is 14.8. The summed E-state index contributed by atoms with van der Waals surface area (Å²) in [6.45, 7) is 0. The third-order valence-electron chi connectivity index (χ3n) is 3.14. The maximum absolute atomic E-state index is 2.44. The number of rotatable bonds is 0. The zero-order chi connectivity index (χ0) is 9.12. The molecule has 0 saturated carbocycles. The van der Waals surface area contributed by atoms with E-state index in [1.54, 1.807) is 29.1 Å². The van der Waals surface area contributed by atoms with Crippen molar-refractivity contribution >= 4 is 52.1 Å². The van der Waals surface area contributed by atoms with Crippen LogP contribution in [0.3, 0.4) is 0 Å². The summed E-state index contributed by atoms with van der Waals surface area (Å²) in [6.07, 6.45) is 2.58. The van der Waals surface area contributed by atoms with Gasteiger partial charge < -0.3 is 0 Å². The Morgan fingerprint density at radius 2 is 1.29 bits per heavy atom. The monoisotopic (exact) mass is 412 g/mol. The Morgan fingerprint density at radius 3 is 1.86 bits per heavy atom. The zero-order valence-corrected chi connectivity index (χ0v) is 12.2. The van der Waals surface area contributed by atoms with E-state index in [1.807, 2.05) is 0 Å². The molecule has 2 heteroatoms. The summed E-state index contributed by atoms with van der Waals surface area (Å²) >= 11 is 0.495. The third kappa shape index (κ3) is 0.963. The Morgan fingerprint density at radius 1 is 0.714 bits per heavy atom. The van der Waals surface area contributed by atoms with Gasteiger partial charge in [0.25, 0.3) is 0 Å². The van der Waals surface area contributed by atoms with E-state index in [-0.39, 0.29) is 34.1 Å². The molecule has 1 aliphatic heterocycles. The van der Waals surface area contributed by atoms with Crippen LogP contribution in [-0.2, 0) is 12.8 Å². The average molecular weight is 407 g/mol. The molecule has 0 radical (unpaired) electrons. The molecule has 0 fully saturated rings. The first-order valence-corrected chi connectivity index (χ1v) is 14.5. The molecule has 2 aromatic carbocycles. The molecule has 14 heavy (non-hydrogen) atoms. The van der Waals surface area contributed by atoms with Gasteiger partial charge in [0.2, 0.25) is 0 Å². The fraction of sp³-hybridized carbons (Fsp3) is 0.167. The molecule has 0 spiro atoms. The fourth-order valence-electron chi connectivity index (χ4n) is 2.50. The standard InChI is InChI=1S/C12H8Te2/c1-2-8-4-6-10-12-9(13-14-10)5-3-7(1)11(8)12/h3-6H,1-2H2. The van der Waals surface area contributed by atoms with Crippen LogP contribution >= 0.6 is 0 Å². The van der Waals surface area contributed by atoms with Crippen LogP contribution in [0.25, 0.3) is 10.8 Å². The quantitative estimate of drug-likeness (QED) is 0.559. The second-order valence-corrected chi connectivity index (χ2v) is 13.7. The Kier molecular flexibility index (Phi) is 1.75. The van der Waals surface area contributed by atoms with Crippen molar-refractivity contribution in [2.24, 2.45) is 0 Å². The Bertz CT molecular complexity index is 460. The molecule has 0 atom stereocenters. The van der Waals surface area contributed by atoms with Crippen LogP contribution in [0, 0.1) is 0 Å². The van der Waals surface area contributed by atoms with Gasteiger partial charge in [0.05, 0.1) is 0 Å². The normalized spacial score (nSPS) is 16.9. The van der Waals surface area contributed by atoms with Gasteiger partial charge in [0, 0.05) is 0 Å². The molecular formula is C12H8Te2. The van der Waals surface area contributed by atoms with E-state index in [4.69, 9.17) is 0 Å². The van der Waals surface area contributed by atoms with Gasteiger partial charge in [-0.25, -0.2) is 0 Å². The van der Waals surface area contributed by atoms with Crippen LogP contribution < -0.4 is 7.22 Å². The van der Waals surface area contributed by atoms with Crippen molar-refractivity contribution < 1.29 is 0 Å². The molecule has 2 aromatic rings. The first-order chi connectivity index (χ1) is 6.93. The molecule has 4 rings (SSSR count). The molecule has 68 valence electrons. The van der Waals surface area contributed by atoms with Crippen LogP contribution in [0.15, 0.2) is 24.3 Å². The molecule has 0 N–H and O–H groups in total. The van der Waals surface area contributed by atoms with E-state index in [9.17, 15) is 0 Å². The van der Waals surface area contributed by atoms with Crippen molar-refractivity contribution in [3.05, 3.63) is 35.4 Å². The topological polar surface area (TPSA) is 0 Å². The summed E-state index contributed by atoms with van der Waals surface area (Å²) in [4.78, 5) is 0. The van der Waals surface area contributed by atoms with Gasteiger partial charge in [-0.1, -0.05) is 0 Å². The summed E-state index contributed by atoms with van der Waals surface area (Å²) in [5.74, 6) is 0. The molecule has 0 nitrogen and oxygen atoms in total. The van der Waals surface area contributed by atoms with E-state index < -0.39 is 0 Å². The van der Waals surface area contributed by atoms with Gasteiger partial charge in [-0.05, 0) is 0 Å². The minimum absolute atomic E-state index is 0.247. The summed E-state index contributed by atoms with van der Waals surface area (Å²) in [5.41, 5.74) is 3.25. The molecule has 1 heterocycles. The minimum atomic E-state index is 0.247. The van der Waals surface area contributed by atoms with E-state index in [1.165, 1.54) is 12.8 Å². The van der Waals surface area contributed by atoms with Gasteiger partial charge in [-0.2, -0.15) is 0 Å². The van der Waals surface area contributed by atoms with Gasteiger partial charge in [-0.3, -0.25) is 0 Å². The molecular weight excluding hydrogens is 399 g/mol. The number of hydrogen-bond acceptors (Lipinski definition) is 0. The van der Waals surface area contributed by atoms with Crippen LogP contribution in [0.2, 0.25) is 0 Å². The van der Waals surface area contributed by atoms with Gasteiger partial charge >= 0.3 is 100 Å². The predicted octanol–water partition coefficient (Wildman–Crippen LogP) is 0.526. The number of hydrogen-bond donors (Lipinski definition) is 0. The zero-order valence-electron chi connectivity index (χ0n) is 7.54. The van der Waals surface area contributed by atoms with Crippen molar-refractivity contribution in [2.45, 2.75) is 12.8 Å². The molecule has 0 aromatic heterocycles. The number of aryl methyl sites for hydroxylation is 2. The average Bonchev–Trinajstić information content (AvgIpc) is 2.77. The summed E-state index contributed by atoms with van der Waals surface area (Å²) in [7, 11) is 0. The van der Waals surface area contributed by atoms with E-state index in [0.29, 0.717) is 0 Å². The van der Waals surface area contributed by atoms with Crippen LogP contribution in [0.1, 0.15) is 11.1 Å². The van der Waals surface area contributed by atoms with Crippen LogP contribution in [0.5, 0.6) is 0 Å². The second kappa shape index (κ2) is 2.90. The van der Waals surface area contributed by atoms with Gasteiger partial charge in [0.1, 0.15) is 0 Å². The second-order valence-electron chi connectivity index (χ2n) is 3.86. The summed E-state index contributed by atoms with van der Waals surface area (Å²) in [6, 6.07) is 9.69. The van der Waals surface area contributed by atoms with Gasteiger partial charge in [0.15, 0.2) is 0 Å². The third-order valence-corrected chi connectivity index (χ3v) is 14.8. The molecule has 0 bridgehead atoms. The molecule has 0 amide bonds. The first kappa shape index (κ1) is 8.43. The molecule has 1 aliphatic carbocycles. The Labute approximate surface area is 99.4 Å². The maximum atomic E-state index is 2.44. The van der Waals surface area contributed by atoms with Crippen molar-refractivity contribution in [2.75, 3.05) is 0 Å². The first-order valence-electron chi connectivity index (χ1n) is 4.85. The molecule has 0 unspecified atom stereocenters. The van der Waals surface area contributed by atoms with Crippen molar-refractivity contribution in [1.29, 1.82) is 0 Å². The van der Waals surface area contributed by atoms with Crippen molar-refractivity contribution in [3.63, 3.8) is 0 Å². The van der Waals surface area contributed by atoms with Crippen molar-refractivity contribution in [1.82, 2.24) is 0 Å². The van der Waals surface area contributed by atoms with E-state index in [2.05, 4.69) is 24.3 Å². The van der Waals surface area contributed by atoms with Crippen LogP contribution in [0.4, 0.5) is 0 Å². The SMILES string of the molecule is c1cc2c3c(ccc4c3c1CC4)[Te][Te]2. The summed E-state index contributed by atoms with van der Waals surface area (Å²) in [5, 5.41) is 3.40. The molecule has 2 aliphatic rings. The Hall–Kier alpha value is 0.279. The number of benzene rings is 2. The van der Waals surface area contributed by atoms with Gasteiger partial charge in [-0.15, -0.1) is 0 Å². The Balaban J connectivity index is 2.34. The van der Waals surface area contributed by atoms with Crippen molar-refractivity contribution in [3.8, 4) is 0 Å². The van der Waals surface area contributed by atoms with Crippen LogP contribution in [-0.4, -0.2) is 34.1 Å². The predicted molar refractivity (Wildman–Crippen MR) is 62.1 cm³/mol. The van der Waals surface area contributed by atoms with E-state index in [0.717, 1.165) is 0 Å².